The highest BCUT2D eigenvalue weighted by Gasteiger charge is 2.33. The maximum Gasteiger partial charge on any atom is 0.416 e. The largest absolute Gasteiger partial charge is 0.507 e. The lowest BCUT2D eigenvalue weighted by molar-refractivity contribution is -0.137. The van der Waals surface area contributed by atoms with Crippen molar-refractivity contribution in [1.29, 1.82) is 0 Å². The minimum atomic E-state index is -4.50. The van der Waals surface area contributed by atoms with Crippen LogP contribution in [0.15, 0.2) is 18.2 Å². The molecule has 0 amide bonds. The molecule has 0 bridgehead atoms. The molecule has 1 N–H and O–H groups in total. The number of anilines is 1. The van der Waals surface area contributed by atoms with Gasteiger partial charge in [-0.15, -0.1) is 10.2 Å². The minimum absolute atomic E-state index is 0.304. The van der Waals surface area contributed by atoms with Crippen molar-refractivity contribution in [3.8, 4) is 17.0 Å². The Morgan fingerprint density at radius 2 is 1.93 bits per heavy atom. The van der Waals surface area contributed by atoms with Gasteiger partial charge < -0.3 is 14.9 Å². The number of aromatic nitrogens is 2. The molecule has 1 aromatic carbocycles. The number of halogens is 3. The third kappa shape index (κ3) is 3.90. The van der Waals surface area contributed by atoms with Crippen molar-refractivity contribution in [3.05, 3.63) is 34.9 Å². The number of piperidine rings is 1. The number of aromatic hydroxyl groups is 1. The summed E-state index contributed by atoms with van der Waals surface area (Å²) in [5, 5.41) is 18.9. The van der Waals surface area contributed by atoms with Gasteiger partial charge in [0.05, 0.1) is 11.3 Å². The van der Waals surface area contributed by atoms with E-state index in [9.17, 15) is 18.3 Å². The molecule has 29 heavy (non-hydrogen) atoms. The van der Waals surface area contributed by atoms with Crippen molar-refractivity contribution in [2.24, 2.45) is 0 Å². The van der Waals surface area contributed by atoms with Gasteiger partial charge in [-0.05, 0) is 63.5 Å². The molecule has 5 nitrogen and oxygen atoms in total. The van der Waals surface area contributed by atoms with E-state index in [0.29, 0.717) is 22.9 Å². The highest BCUT2D eigenvalue weighted by atomic mass is 19.4. The first-order valence-corrected chi connectivity index (χ1v) is 9.97. The first-order valence-electron chi connectivity index (χ1n) is 9.97. The van der Waals surface area contributed by atoms with Gasteiger partial charge in [0.1, 0.15) is 5.75 Å². The van der Waals surface area contributed by atoms with Gasteiger partial charge in [0.2, 0.25) is 0 Å². The predicted molar refractivity (Wildman–Crippen MR) is 105 cm³/mol. The van der Waals surface area contributed by atoms with Gasteiger partial charge in [-0.1, -0.05) is 6.42 Å². The predicted octanol–water partition coefficient (Wildman–Crippen LogP) is 4.02. The smallest absolute Gasteiger partial charge is 0.416 e. The van der Waals surface area contributed by atoms with Crippen LogP contribution in [-0.4, -0.2) is 52.9 Å². The van der Waals surface area contributed by atoms with E-state index in [1.165, 1.54) is 19.3 Å². The zero-order valence-electron chi connectivity index (χ0n) is 16.6. The average molecular weight is 406 g/mol. The molecular formula is C21H25F3N4O. The lowest BCUT2D eigenvalue weighted by atomic mass is 9.99. The van der Waals surface area contributed by atoms with Crippen LogP contribution in [0.25, 0.3) is 11.3 Å². The second kappa shape index (κ2) is 7.48. The third-order valence-corrected chi connectivity index (χ3v) is 6.05. The molecule has 8 heteroatoms. The standard InChI is InChI=1S/C21H25F3N4O/c1-13-9-15(21(22,23)24)11-18(29)19(13)17-10-14-6-8-28(20(14)26-25-17)12-16-5-3-4-7-27(16)2/h9-11,16,29H,3-8,12H2,1-2H3/t16-/m0/s1. The molecule has 2 aromatic rings. The average Bonchev–Trinajstić information content (AvgIpc) is 3.04. The summed E-state index contributed by atoms with van der Waals surface area (Å²) in [6.45, 7) is 4.42. The second-order valence-corrected chi connectivity index (χ2v) is 8.09. The van der Waals surface area contributed by atoms with Gasteiger partial charge in [0, 0.05) is 30.3 Å². The number of phenolic OH excluding ortho intramolecular Hbond substituents is 1. The number of aryl methyl sites for hydroxylation is 1. The normalized spacial score (nSPS) is 20.2. The lowest BCUT2D eigenvalue weighted by Gasteiger charge is -2.35. The van der Waals surface area contributed by atoms with E-state index < -0.39 is 17.5 Å². The van der Waals surface area contributed by atoms with Crippen LogP contribution in [-0.2, 0) is 12.6 Å². The number of hydrogen-bond acceptors (Lipinski definition) is 5. The van der Waals surface area contributed by atoms with E-state index in [1.807, 2.05) is 6.07 Å². The molecule has 156 valence electrons. The molecule has 2 aliphatic rings. The van der Waals surface area contributed by atoms with Gasteiger partial charge in [-0.2, -0.15) is 13.2 Å². The van der Waals surface area contributed by atoms with Gasteiger partial charge in [-0.3, -0.25) is 0 Å². The first-order chi connectivity index (χ1) is 13.7. The summed E-state index contributed by atoms with van der Waals surface area (Å²) >= 11 is 0. The van der Waals surface area contributed by atoms with Crippen LogP contribution >= 0.6 is 0 Å². The van der Waals surface area contributed by atoms with E-state index in [1.54, 1.807) is 6.92 Å². The van der Waals surface area contributed by atoms with Crippen molar-refractivity contribution in [2.75, 3.05) is 31.6 Å². The van der Waals surface area contributed by atoms with E-state index >= 15 is 0 Å². The molecule has 0 spiro atoms. The minimum Gasteiger partial charge on any atom is -0.507 e. The molecule has 1 fully saturated rings. The van der Waals surface area contributed by atoms with Gasteiger partial charge in [-0.25, -0.2) is 0 Å². The number of likely N-dealkylation sites (N-methyl/N-ethyl adjacent to an activating group) is 1. The van der Waals surface area contributed by atoms with Crippen LogP contribution < -0.4 is 4.90 Å². The number of alkyl halides is 3. The number of rotatable bonds is 3. The third-order valence-electron chi connectivity index (χ3n) is 6.05. The Morgan fingerprint density at radius 1 is 1.14 bits per heavy atom. The molecule has 1 atom stereocenters. The van der Waals surface area contributed by atoms with E-state index in [4.69, 9.17) is 0 Å². The van der Waals surface area contributed by atoms with E-state index in [-0.39, 0.29) is 0 Å². The van der Waals surface area contributed by atoms with E-state index in [2.05, 4.69) is 27.0 Å². The fraction of sp³-hybridized carbons (Fsp3) is 0.524. The molecule has 3 heterocycles. The van der Waals surface area contributed by atoms with Crippen molar-refractivity contribution in [1.82, 2.24) is 15.1 Å². The Morgan fingerprint density at radius 3 is 2.62 bits per heavy atom. The quantitative estimate of drug-likeness (QED) is 0.834. The van der Waals surface area contributed by atoms with Gasteiger partial charge in [0.15, 0.2) is 5.82 Å². The SMILES string of the molecule is Cc1cc(C(F)(F)F)cc(O)c1-c1cc2c(nn1)N(C[C@@H]1CCCCN1C)CC2. The van der Waals surface area contributed by atoms with Crippen molar-refractivity contribution in [2.45, 2.75) is 44.8 Å². The van der Waals surface area contributed by atoms with Gasteiger partial charge >= 0.3 is 6.18 Å². The Kier molecular flexibility index (Phi) is 5.14. The first kappa shape index (κ1) is 19.9. The Hall–Kier alpha value is -2.35. The number of fused-ring (bicyclic) bond motifs is 1. The molecule has 4 rings (SSSR count). The number of likely N-dealkylation sites (tertiary alicyclic amines) is 1. The fourth-order valence-corrected chi connectivity index (χ4v) is 4.43. The monoisotopic (exact) mass is 406 g/mol. The number of benzene rings is 1. The van der Waals surface area contributed by atoms with E-state index in [0.717, 1.165) is 49.6 Å². The summed E-state index contributed by atoms with van der Waals surface area (Å²) in [4.78, 5) is 4.64. The van der Waals surface area contributed by atoms with Gasteiger partial charge in [0.25, 0.3) is 0 Å². The summed E-state index contributed by atoms with van der Waals surface area (Å²) in [6, 6.07) is 4.14. The zero-order valence-corrected chi connectivity index (χ0v) is 16.6. The Labute approximate surface area is 168 Å². The summed E-state index contributed by atoms with van der Waals surface area (Å²) in [5.41, 5.74) is 1.19. The summed E-state index contributed by atoms with van der Waals surface area (Å²) in [5.74, 6) is 0.419. The lowest BCUT2D eigenvalue weighted by Crippen LogP contribution is -2.44. The van der Waals surface area contributed by atoms with Crippen LogP contribution in [0.2, 0.25) is 0 Å². The Bertz CT molecular complexity index is 892. The summed E-state index contributed by atoms with van der Waals surface area (Å²) < 4.78 is 38.9. The molecule has 0 unspecified atom stereocenters. The van der Waals surface area contributed by atoms with Crippen molar-refractivity contribution < 1.29 is 18.3 Å². The second-order valence-electron chi connectivity index (χ2n) is 8.09. The molecular weight excluding hydrogens is 381 g/mol. The fourth-order valence-electron chi connectivity index (χ4n) is 4.43. The molecule has 1 aromatic heterocycles. The van der Waals surface area contributed by atoms with Crippen LogP contribution in [0.4, 0.5) is 19.0 Å². The molecule has 2 aliphatic heterocycles. The van der Waals surface area contributed by atoms with Crippen LogP contribution in [0, 0.1) is 6.92 Å². The molecule has 0 aliphatic carbocycles. The summed E-state index contributed by atoms with van der Waals surface area (Å²) in [6.07, 6.45) is -0.0338. The molecule has 0 saturated carbocycles. The number of hydrogen-bond donors (Lipinski definition) is 1. The Balaban J connectivity index is 1.60. The molecule has 0 radical (unpaired) electrons. The topological polar surface area (TPSA) is 52.5 Å². The molecule has 1 saturated heterocycles. The maximum atomic E-state index is 13.0. The summed E-state index contributed by atoms with van der Waals surface area (Å²) in [7, 11) is 2.16. The van der Waals surface area contributed by atoms with Crippen molar-refractivity contribution >= 4 is 5.82 Å². The highest BCUT2D eigenvalue weighted by molar-refractivity contribution is 5.73. The zero-order chi connectivity index (χ0) is 20.8. The maximum absolute atomic E-state index is 13.0. The van der Waals surface area contributed by atoms with Crippen molar-refractivity contribution in [3.63, 3.8) is 0 Å². The van der Waals surface area contributed by atoms with Crippen LogP contribution in [0.3, 0.4) is 0 Å². The number of nitrogens with zero attached hydrogens (tertiary/aromatic N) is 4. The number of phenols is 1. The van der Waals surface area contributed by atoms with Crippen LogP contribution in [0.1, 0.15) is 36.0 Å². The van der Waals surface area contributed by atoms with Crippen LogP contribution in [0.5, 0.6) is 5.75 Å². The highest BCUT2D eigenvalue weighted by Crippen LogP contribution is 2.39.